The van der Waals surface area contributed by atoms with Crippen molar-refractivity contribution in [2.24, 2.45) is 0 Å². The third-order valence-corrected chi connectivity index (χ3v) is 4.02. The number of hydrogen-bond donors (Lipinski definition) is 2. The van der Waals surface area contributed by atoms with Crippen LogP contribution in [0.15, 0.2) is 12.1 Å². The number of nitrogen functional groups attached to an aromatic ring is 1. The first-order chi connectivity index (χ1) is 12.2. The van der Waals surface area contributed by atoms with Crippen molar-refractivity contribution >= 4 is 17.3 Å². The number of nitrogens with zero attached hydrogens (tertiary/aromatic N) is 3. The number of hydrogen-bond acceptors (Lipinski definition) is 6. The normalized spacial score (nSPS) is 14.6. The molecule has 1 aromatic rings. The third kappa shape index (κ3) is 7.92. The molecule has 6 nitrogen and oxygen atoms in total. The lowest BCUT2D eigenvalue weighted by Gasteiger charge is -2.27. The molecule has 2 rings (SSSR count). The summed E-state index contributed by atoms with van der Waals surface area (Å²) in [5, 5.41) is 3.41. The Morgan fingerprint density at radius 3 is 2.40 bits per heavy atom. The summed E-state index contributed by atoms with van der Waals surface area (Å²) in [6.45, 7) is 16.1. The van der Waals surface area contributed by atoms with Crippen LogP contribution in [0.4, 0.5) is 17.3 Å². The van der Waals surface area contributed by atoms with Gasteiger partial charge in [0.05, 0.1) is 13.2 Å². The summed E-state index contributed by atoms with van der Waals surface area (Å²) in [7, 11) is 0. The van der Waals surface area contributed by atoms with Crippen LogP contribution in [0.25, 0.3) is 0 Å². The molecule has 1 fully saturated rings. The van der Waals surface area contributed by atoms with E-state index in [1.807, 2.05) is 19.9 Å². The number of morpholine rings is 1. The number of nitrogens with two attached hydrogens (primary N) is 1. The fraction of sp³-hybridized carbons (Fsp3) is 0.737. The Morgan fingerprint density at radius 2 is 1.80 bits per heavy atom. The van der Waals surface area contributed by atoms with Crippen molar-refractivity contribution in [1.29, 1.82) is 0 Å². The highest BCUT2D eigenvalue weighted by Crippen LogP contribution is 2.21. The number of nitrogens with one attached hydrogen (secondary N) is 1. The lowest BCUT2D eigenvalue weighted by Crippen LogP contribution is -2.39. The molecule has 144 valence electrons. The highest BCUT2D eigenvalue weighted by atomic mass is 16.5. The minimum atomic E-state index is 0.577. The monoisotopic (exact) mass is 351 g/mol. The quantitative estimate of drug-likeness (QED) is 0.713. The molecule has 0 unspecified atom stereocenters. The Hall–Kier alpha value is -1.53. The van der Waals surface area contributed by atoms with Crippen molar-refractivity contribution in [3.63, 3.8) is 0 Å². The van der Waals surface area contributed by atoms with Crippen LogP contribution in [-0.4, -0.2) is 62.4 Å². The van der Waals surface area contributed by atoms with E-state index in [2.05, 4.69) is 40.0 Å². The van der Waals surface area contributed by atoms with E-state index in [1.54, 1.807) is 0 Å². The third-order valence-electron chi connectivity index (χ3n) is 4.02. The van der Waals surface area contributed by atoms with E-state index in [0.29, 0.717) is 5.82 Å². The Bertz CT molecular complexity index is 457. The van der Waals surface area contributed by atoms with Gasteiger partial charge in [-0.05, 0) is 12.8 Å². The maximum absolute atomic E-state index is 6.00. The first-order valence-electron chi connectivity index (χ1n) is 9.79. The van der Waals surface area contributed by atoms with E-state index < -0.39 is 0 Å². The zero-order chi connectivity index (χ0) is 18.5. The number of rotatable bonds is 9. The van der Waals surface area contributed by atoms with Gasteiger partial charge < -0.3 is 20.7 Å². The largest absolute Gasteiger partial charge is 0.384 e. The van der Waals surface area contributed by atoms with Gasteiger partial charge in [-0.3, -0.25) is 4.90 Å². The van der Waals surface area contributed by atoms with Gasteiger partial charge in [-0.25, -0.2) is 4.98 Å². The molecule has 2 heterocycles. The molecule has 0 amide bonds. The average Bonchev–Trinajstić information content (AvgIpc) is 2.64. The van der Waals surface area contributed by atoms with Crippen molar-refractivity contribution in [1.82, 2.24) is 9.88 Å². The molecule has 1 aliphatic rings. The van der Waals surface area contributed by atoms with E-state index in [4.69, 9.17) is 10.5 Å². The van der Waals surface area contributed by atoms with Gasteiger partial charge in [0, 0.05) is 57.1 Å². The van der Waals surface area contributed by atoms with Crippen molar-refractivity contribution in [3.05, 3.63) is 12.1 Å². The van der Waals surface area contributed by atoms with E-state index >= 15 is 0 Å². The molecule has 25 heavy (non-hydrogen) atoms. The van der Waals surface area contributed by atoms with E-state index in [1.165, 1.54) is 0 Å². The van der Waals surface area contributed by atoms with Crippen LogP contribution in [0.3, 0.4) is 0 Å². The van der Waals surface area contributed by atoms with Crippen LogP contribution in [0.5, 0.6) is 0 Å². The lowest BCUT2D eigenvalue weighted by molar-refractivity contribution is 0.0398. The summed E-state index contributed by atoms with van der Waals surface area (Å²) in [5.41, 5.74) is 7.16. The maximum Gasteiger partial charge on any atom is 0.130 e. The molecule has 0 aliphatic carbocycles. The van der Waals surface area contributed by atoms with Crippen molar-refractivity contribution in [2.75, 3.05) is 68.4 Å². The fourth-order valence-electron chi connectivity index (χ4n) is 2.89. The molecule has 1 saturated heterocycles. The molecule has 1 aliphatic heterocycles. The van der Waals surface area contributed by atoms with Crippen molar-refractivity contribution in [3.8, 4) is 0 Å². The maximum atomic E-state index is 6.00. The van der Waals surface area contributed by atoms with E-state index in [9.17, 15) is 0 Å². The van der Waals surface area contributed by atoms with E-state index in [0.717, 1.165) is 76.8 Å². The van der Waals surface area contributed by atoms with Gasteiger partial charge in [0.15, 0.2) is 0 Å². The zero-order valence-corrected chi connectivity index (χ0v) is 16.6. The Balaban J connectivity index is 0.00000151. The molecule has 0 spiro atoms. The van der Waals surface area contributed by atoms with Crippen LogP contribution in [-0.2, 0) is 4.74 Å². The predicted octanol–water partition coefficient (Wildman–Crippen LogP) is 3.06. The van der Waals surface area contributed by atoms with Crippen molar-refractivity contribution in [2.45, 2.75) is 40.5 Å². The highest BCUT2D eigenvalue weighted by Gasteiger charge is 2.11. The standard InChI is InChI=1S/C17H31N5O.C2H6/c1-3-6-22(7-4-2)15-13-16(18)20-17(14-15)19-5-8-21-9-11-23-12-10-21;1-2/h13-14H,3-12H2,1-2H3,(H3,18,19,20);1-2H3. The minimum absolute atomic E-state index is 0.577. The Kier molecular flexibility index (Phi) is 11.0. The molecular weight excluding hydrogens is 314 g/mol. The van der Waals surface area contributed by atoms with Crippen LogP contribution in [0.2, 0.25) is 0 Å². The molecule has 3 N–H and O–H groups in total. The summed E-state index contributed by atoms with van der Waals surface area (Å²) in [6.07, 6.45) is 2.25. The van der Waals surface area contributed by atoms with Crippen LogP contribution < -0.4 is 16.0 Å². The zero-order valence-electron chi connectivity index (χ0n) is 16.6. The second-order valence-electron chi connectivity index (χ2n) is 6.00. The summed E-state index contributed by atoms with van der Waals surface area (Å²) < 4.78 is 5.37. The van der Waals surface area contributed by atoms with Gasteiger partial charge in [-0.1, -0.05) is 27.7 Å². The smallest absolute Gasteiger partial charge is 0.130 e. The number of anilines is 3. The van der Waals surface area contributed by atoms with Crippen LogP contribution >= 0.6 is 0 Å². The molecule has 0 aromatic carbocycles. The van der Waals surface area contributed by atoms with Gasteiger partial charge in [-0.15, -0.1) is 0 Å². The van der Waals surface area contributed by atoms with E-state index in [-0.39, 0.29) is 0 Å². The Morgan fingerprint density at radius 1 is 1.16 bits per heavy atom. The topological polar surface area (TPSA) is 66.7 Å². The fourth-order valence-corrected chi connectivity index (χ4v) is 2.89. The molecule has 0 radical (unpaired) electrons. The summed E-state index contributed by atoms with van der Waals surface area (Å²) in [4.78, 5) is 9.20. The summed E-state index contributed by atoms with van der Waals surface area (Å²) in [6, 6.07) is 4.08. The summed E-state index contributed by atoms with van der Waals surface area (Å²) >= 11 is 0. The molecule has 0 bridgehead atoms. The number of ether oxygens (including phenoxy) is 1. The van der Waals surface area contributed by atoms with Gasteiger partial charge in [-0.2, -0.15) is 0 Å². The van der Waals surface area contributed by atoms with Gasteiger partial charge in [0.1, 0.15) is 11.6 Å². The SMILES string of the molecule is CC.CCCN(CCC)c1cc(N)nc(NCCN2CCOCC2)c1. The second kappa shape index (κ2) is 12.8. The van der Waals surface area contributed by atoms with Gasteiger partial charge in [0.25, 0.3) is 0 Å². The first-order valence-corrected chi connectivity index (χ1v) is 9.79. The first kappa shape index (κ1) is 21.5. The molecule has 6 heteroatoms. The minimum Gasteiger partial charge on any atom is -0.384 e. The molecule has 0 saturated carbocycles. The highest BCUT2D eigenvalue weighted by molar-refractivity contribution is 5.60. The summed E-state index contributed by atoms with van der Waals surface area (Å²) in [5.74, 6) is 1.44. The van der Waals surface area contributed by atoms with Crippen LogP contribution in [0, 0.1) is 0 Å². The number of pyridine rings is 1. The number of aromatic nitrogens is 1. The predicted molar refractivity (Wildman–Crippen MR) is 109 cm³/mol. The lowest BCUT2D eigenvalue weighted by atomic mass is 10.2. The van der Waals surface area contributed by atoms with Crippen LogP contribution in [0.1, 0.15) is 40.5 Å². The van der Waals surface area contributed by atoms with Gasteiger partial charge in [0.2, 0.25) is 0 Å². The second-order valence-corrected chi connectivity index (χ2v) is 6.00. The Labute approximate surface area is 153 Å². The average molecular weight is 352 g/mol. The van der Waals surface area contributed by atoms with Gasteiger partial charge >= 0.3 is 0 Å². The molecule has 0 atom stereocenters. The molecule has 1 aromatic heterocycles. The van der Waals surface area contributed by atoms with Crippen molar-refractivity contribution < 1.29 is 4.74 Å². The molecular formula is C19H37N5O.